The zero-order valence-corrected chi connectivity index (χ0v) is 12.6. The van der Waals surface area contributed by atoms with E-state index in [0.29, 0.717) is 34.3 Å². The third kappa shape index (κ3) is 2.83. The van der Waals surface area contributed by atoms with Gasteiger partial charge in [0.1, 0.15) is 28.9 Å². The number of rotatable bonds is 6. The quantitative estimate of drug-likeness (QED) is 0.560. The molecule has 0 aliphatic heterocycles. The predicted molar refractivity (Wildman–Crippen MR) is 88.6 cm³/mol. The van der Waals surface area contributed by atoms with Gasteiger partial charge < -0.3 is 14.5 Å². The number of hydrogen-bond acceptors (Lipinski definition) is 4. The molecule has 0 aliphatic rings. The molecule has 2 aromatic carbocycles. The van der Waals surface area contributed by atoms with Gasteiger partial charge in [-0.2, -0.15) is 0 Å². The van der Waals surface area contributed by atoms with Gasteiger partial charge >= 0.3 is 0 Å². The molecular formula is C18H19NO3. The highest BCUT2D eigenvalue weighted by Gasteiger charge is 2.11. The molecule has 1 N–H and O–H groups in total. The molecule has 0 aliphatic carbocycles. The van der Waals surface area contributed by atoms with Crippen LogP contribution in [0.1, 0.15) is 13.3 Å². The molecule has 22 heavy (non-hydrogen) atoms. The van der Waals surface area contributed by atoms with E-state index in [9.17, 15) is 4.79 Å². The van der Waals surface area contributed by atoms with Gasteiger partial charge in [-0.25, -0.2) is 0 Å². The van der Waals surface area contributed by atoms with Gasteiger partial charge in [0.15, 0.2) is 0 Å². The number of hydrogen-bond donors (Lipinski definition) is 1. The van der Waals surface area contributed by atoms with Crippen LogP contribution in [0, 0.1) is 0 Å². The van der Waals surface area contributed by atoms with Crippen molar-refractivity contribution < 1.29 is 9.15 Å². The van der Waals surface area contributed by atoms with Gasteiger partial charge in [0, 0.05) is 6.54 Å². The molecule has 3 aromatic rings. The molecule has 0 spiro atoms. The molecule has 4 heteroatoms. The zero-order chi connectivity index (χ0) is 15.4. The highest BCUT2D eigenvalue weighted by Crippen LogP contribution is 2.25. The van der Waals surface area contributed by atoms with Gasteiger partial charge in [-0.3, -0.25) is 4.79 Å². The average molecular weight is 297 g/mol. The normalized spacial score (nSPS) is 11.1. The second kappa shape index (κ2) is 6.62. The Kier molecular flexibility index (Phi) is 4.39. The summed E-state index contributed by atoms with van der Waals surface area (Å²) in [4.78, 5) is 12.7. The number of para-hydroxylation sites is 1. The van der Waals surface area contributed by atoms with Crippen LogP contribution < -0.4 is 15.5 Å². The summed E-state index contributed by atoms with van der Waals surface area (Å²) in [6.07, 6.45) is 1.09. The fraction of sp³-hybridized carbons (Fsp3) is 0.278. The number of fused-ring (bicyclic) bond motifs is 2. The third-order valence-corrected chi connectivity index (χ3v) is 3.53. The smallest absolute Gasteiger partial charge is 0.204 e. The number of benzene rings is 2. The van der Waals surface area contributed by atoms with Gasteiger partial charge in [-0.05, 0) is 37.2 Å². The second-order valence-electron chi connectivity index (χ2n) is 5.16. The van der Waals surface area contributed by atoms with Crippen molar-refractivity contribution in [2.75, 3.05) is 19.7 Å². The first-order valence-corrected chi connectivity index (χ1v) is 7.59. The molecule has 0 radical (unpaired) electrons. The Morgan fingerprint density at radius 3 is 2.73 bits per heavy atom. The molecule has 1 heterocycles. The summed E-state index contributed by atoms with van der Waals surface area (Å²) in [5.41, 5.74) is 1.11. The Labute approximate surface area is 128 Å². The van der Waals surface area contributed by atoms with Crippen molar-refractivity contribution in [2.24, 2.45) is 0 Å². The average Bonchev–Trinajstić information content (AvgIpc) is 2.55. The van der Waals surface area contributed by atoms with Gasteiger partial charge in [0.2, 0.25) is 5.43 Å². The van der Waals surface area contributed by atoms with E-state index in [2.05, 4.69) is 12.2 Å². The lowest BCUT2D eigenvalue weighted by Gasteiger charge is -2.09. The molecule has 114 valence electrons. The van der Waals surface area contributed by atoms with Crippen molar-refractivity contribution in [3.05, 3.63) is 52.7 Å². The minimum atomic E-state index is -0.0473. The molecule has 3 rings (SSSR count). The van der Waals surface area contributed by atoms with E-state index < -0.39 is 0 Å². The van der Waals surface area contributed by atoms with Crippen molar-refractivity contribution in [3.8, 4) is 5.75 Å². The van der Waals surface area contributed by atoms with Gasteiger partial charge in [-0.15, -0.1) is 0 Å². The van der Waals surface area contributed by atoms with Crippen molar-refractivity contribution in [1.82, 2.24) is 5.32 Å². The lowest BCUT2D eigenvalue weighted by Crippen LogP contribution is -2.21. The first kappa shape index (κ1) is 14.6. The lowest BCUT2D eigenvalue weighted by molar-refractivity contribution is 0.317. The Morgan fingerprint density at radius 2 is 1.86 bits per heavy atom. The van der Waals surface area contributed by atoms with E-state index in [-0.39, 0.29) is 5.43 Å². The first-order valence-electron chi connectivity index (χ1n) is 7.59. The maximum atomic E-state index is 12.7. The van der Waals surface area contributed by atoms with Crippen molar-refractivity contribution in [3.63, 3.8) is 0 Å². The van der Waals surface area contributed by atoms with Crippen LogP contribution in [0.4, 0.5) is 0 Å². The van der Waals surface area contributed by atoms with E-state index in [1.54, 1.807) is 18.2 Å². The van der Waals surface area contributed by atoms with Crippen LogP contribution in [0.5, 0.6) is 5.75 Å². The molecule has 0 unspecified atom stereocenters. The third-order valence-electron chi connectivity index (χ3n) is 3.53. The fourth-order valence-electron chi connectivity index (χ4n) is 2.47. The van der Waals surface area contributed by atoms with E-state index in [4.69, 9.17) is 9.15 Å². The second-order valence-corrected chi connectivity index (χ2v) is 5.16. The van der Waals surface area contributed by atoms with Gasteiger partial charge in [0.25, 0.3) is 0 Å². The topological polar surface area (TPSA) is 51.5 Å². The maximum Gasteiger partial charge on any atom is 0.204 e. The van der Waals surface area contributed by atoms with Crippen LogP contribution in [-0.2, 0) is 0 Å². The summed E-state index contributed by atoms with van der Waals surface area (Å²) in [5.74, 6) is 0.579. The maximum absolute atomic E-state index is 12.7. The number of ether oxygens (including phenoxy) is 1. The van der Waals surface area contributed by atoms with Crippen LogP contribution in [0.3, 0.4) is 0 Å². The molecule has 0 saturated carbocycles. The summed E-state index contributed by atoms with van der Waals surface area (Å²) in [5, 5.41) is 4.36. The van der Waals surface area contributed by atoms with Gasteiger partial charge in [-0.1, -0.05) is 25.1 Å². The van der Waals surface area contributed by atoms with Gasteiger partial charge in [0.05, 0.1) is 5.39 Å². The standard InChI is InChI=1S/C18H19NO3/c1-2-10-19-11-12-21-15-8-5-9-16-17(15)18(20)13-6-3-4-7-14(13)22-16/h3-9,19H,2,10-12H2,1H3. The van der Waals surface area contributed by atoms with E-state index in [0.717, 1.165) is 19.5 Å². The van der Waals surface area contributed by atoms with E-state index >= 15 is 0 Å². The Bertz CT molecular complexity index is 838. The van der Waals surface area contributed by atoms with Crippen molar-refractivity contribution >= 4 is 21.9 Å². The number of nitrogens with one attached hydrogen (secondary N) is 1. The molecule has 0 bridgehead atoms. The molecule has 0 fully saturated rings. The van der Waals surface area contributed by atoms with Crippen LogP contribution in [0.15, 0.2) is 51.7 Å². The summed E-state index contributed by atoms with van der Waals surface area (Å²) >= 11 is 0. The van der Waals surface area contributed by atoms with Crippen LogP contribution in [0.25, 0.3) is 21.9 Å². The molecule has 0 amide bonds. The predicted octanol–water partition coefficient (Wildman–Crippen LogP) is 3.32. The molecular weight excluding hydrogens is 278 g/mol. The van der Waals surface area contributed by atoms with Crippen molar-refractivity contribution in [2.45, 2.75) is 13.3 Å². The molecule has 1 aromatic heterocycles. The molecule has 0 atom stereocenters. The lowest BCUT2D eigenvalue weighted by atomic mass is 10.1. The van der Waals surface area contributed by atoms with E-state index in [1.165, 1.54) is 0 Å². The fourth-order valence-corrected chi connectivity index (χ4v) is 2.47. The largest absolute Gasteiger partial charge is 0.491 e. The van der Waals surface area contributed by atoms with E-state index in [1.807, 2.05) is 24.3 Å². The molecule has 4 nitrogen and oxygen atoms in total. The Morgan fingerprint density at radius 1 is 1.05 bits per heavy atom. The summed E-state index contributed by atoms with van der Waals surface area (Å²) < 4.78 is 11.6. The summed E-state index contributed by atoms with van der Waals surface area (Å²) in [6, 6.07) is 12.7. The minimum absolute atomic E-state index is 0.0473. The van der Waals surface area contributed by atoms with Crippen LogP contribution >= 0.6 is 0 Å². The first-order chi connectivity index (χ1) is 10.8. The highest BCUT2D eigenvalue weighted by atomic mass is 16.5. The molecule has 0 saturated heterocycles. The highest BCUT2D eigenvalue weighted by molar-refractivity contribution is 5.93. The Balaban J connectivity index is 1.97. The summed E-state index contributed by atoms with van der Waals surface area (Å²) in [7, 11) is 0. The zero-order valence-electron chi connectivity index (χ0n) is 12.6. The minimum Gasteiger partial charge on any atom is -0.491 e. The monoisotopic (exact) mass is 297 g/mol. The summed E-state index contributed by atoms with van der Waals surface area (Å²) in [6.45, 7) is 4.36. The van der Waals surface area contributed by atoms with Crippen LogP contribution in [0.2, 0.25) is 0 Å². The Hall–Kier alpha value is -2.33. The SMILES string of the molecule is CCCNCCOc1cccc2oc3ccccc3c(=O)c12. The van der Waals surface area contributed by atoms with Crippen molar-refractivity contribution in [1.29, 1.82) is 0 Å². The van der Waals surface area contributed by atoms with Crippen LogP contribution in [-0.4, -0.2) is 19.7 Å².